The Labute approximate surface area is 185 Å². The summed E-state index contributed by atoms with van der Waals surface area (Å²) in [5.74, 6) is 1.11. The SMILES string of the molecule is COC(=O)CCC1CCC(N2CC(C)N(c3cnc4c(n3)CCN(C)CC4)C2=O)CC1. The van der Waals surface area contributed by atoms with Gasteiger partial charge in [0.1, 0.15) is 0 Å². The van der Waals surface area contributed by atoms with E-state index in [2.05, 4.69) is 23.9 Å². The van der Waals surface area contributed by atoms with Crippen LogP contribution < -0.4 is 4.90 Å². The summed E-state index contributed by atoms with van der Waals surface area (Å²) in [4.78, 5) is 40.5. The van der Waals surface area contributed by atoms with E-state index in [1.807, 2.05) is 9.80 Å². The van der Waals surface area contributed by atoms with Gasteiger partial charge in [-0.1, -0.05) is 0 Å². The molecular weight excluding hydrogens is 394 g/mol. The highest BCUT2D eigenvalue weighted by Gasteiger charge is 2.41. The second-order valence-electron chi connectivity index (χ2n) is 9.37. The standard InChI is InChI=1S/C23H35N5O3/c1-16-15-27(18-7-4-17(5-8-18)6-9-22(29)31-3)23(30)28(16)21-14-24-19-10-12-26(2)13-11-20(19)25-21/h14,16-18H,4-13,15H2,1-3H3. The van der Waals surface area contributed by atoms with Crippen LogP contribution in [0.2, 0.25) is 0 Å². The summed E-state index contributed by atoms with van der Waals surface area (Å²) in [5.41, 5.74) is 2.10. The summed E-state index contributed by atoms with van der Waals surface area (Å²) in [6.45, 7) is 4.80. The Morgan fingerprint density at radius 2 is 1.87 bits per heavy atom. The summed E-state index contributed by atoms with van der Waals surface area (Å²) in [7, 11) is 3.57. The molecule has 1 saturated carbocycles. The van der Waals surface area contributed by atoms with E-state index in [0.717, 1.165) is 76.0 Å². The number of anilines is 1. The largest absolute Gasteiger partial charge is 0.469 e. The average Bonchev–Trinajstić information content (AvgIpc) is 2.95. The first-order chi connectivity index (χ1) is 15.0. The molecule has 1 aromatic rings. The molecule has 8 nitrogen and oxygen atoms in total. The zero-order valence-electron chi connectivity index (χ0n) is 19.0. The van der Waals surface area contributed by atoms with Crippen molar-refractivity contribution in [2.45, 2.75) is 70.4 Å². The van der Waals surface area contributed by atoms with E-state index in [-0.39, 0.29) is 24.1 Å². The topological polar surface area (TPSA) is 78.9 Å². The van der Waals surface area contributed by atoms with Crippen LogP contribution in [0, 0.1) is 5.92 Å². The van der Waals surface area contributed by atoms with E-state index < -0.39 is 0 Å². The molecule has 31 heavy (non-hydrogen) atoms. The second kappa shape index (κ2) is 9.51. The average molecular weight is 430 g/mol. The minimum absolute atomic E-state index is 0.0606. The number of carbonyl (C=O) groups excluding carboxylic acids is 2. The maximum absolute atomic E-state index is 13.4. The molecule has 4 rings (SSSR count). The number of esters is 1. The molecule has 170 valence electrons. The Hall–Kier alpha value is -2.22. The number of amides is 2. The molecule has 8 heteroatoms. The summed E-state index contributed by atoms with van der Waals surface area (Å²) < 4.78 is 4.76. The van der Waals surface area contributed by atoms with Gasteiger partial charge in [0.25, 0.3) is 0 Å². The van der Waals surface area contributed by atoms with Gasteiger partial charge in [0, 0.05) is 44.9 Å². The third-order valence-electron chi connectivity index (χ3n) is 7.22. The Morgan fingerprint density at radius 1 is 1.16 bits per heavy atom. The Morgan fingerprint density at radius 3 is 2.58 bits per heavy atom. The summed E-state index contributed by atoms with van der Waals surface area (Å²) in [5, 5.41) is 0. The molecule has 1 atom stereocenters. The van der Waals surface area contributed by atoms with E-state index in [9.17, 15) is 9.59 Å². The molecule has 1 unspecified atom stereocenters. The molecular formula is C23H35N5O3. The number of aromatic nitrogens is 2. The number of nitrogens with zero attached hydrogens (tertiary/aromatic N) is 5. The van der Waals surface area contributed by atoms with Gasteiger partial charge in [-0.25, -0.2) is 9.78 Å². The fourth-order valence-corrected chi connectivity index (χ4v) is 5.24. The lowest BCUT2D eigenvalue weighted by Gasteiger charge is -2.34. The minimum Gasteiger partial charge on any atom is -0.469 e. The number of ether oxygens (including phenoxy) is 1. The lowest BCUT2D eigenvalue weighted by atomic mass is 9.83. The molecule has 3 heterocycles. The number of urea groups is 1. The van der Waals surface area contributed by atoms with Gasteiger partial charge < -0.3 is 14.5 Å². The van der Waals surface area contributed by atoms with Gasteiger partial charge in [0.05, 0.1) is 30.7 Å². The molecule has 3 aliphatic rings. The number of fused-ring (bicyclic) bond motifs is 1. The molecule has 1 saturated heterocycles. The van der Waals surface area contributed by atoms with Crippen molar-refractivity contribution >= 4 is 17.8 Å². The highest BCUT2D eigenvalue weighted by molar-refractivity contribution is 5.94. The monoisotopic (exact) mass is 429 g/mol. The highest BCUT2D eigenvalue weighted by atomic mass is 16.5. The van der Waals surface area contributed by atoms with Crippen LogP contribution in [0.15, 0.2) is 6.20 Å². The van der Waals surface area contributed by atoms with Crippen LogP contribution >= 0.6 is 0 Å². The number of methoxy groups -OCH3 is 1. The molecule has 1 aromatic heterocycles. The normalized spacial score (nSPS) is 27.2. The fourth-order valence-electron chi connectivity index (χ4n) is 5.24. The van der Waals surface area contributed by atoms with E-state index in [1.54, 1.807) is 6.20 Å². The highest BCUT2D eigenvalue weighted by Crippen LogP contribution is 2.34. The van der Waals surface area contributed by atoms with Crippen LogP contribution in [0.3, 0.4) is 0 Å². The van der Waals surface area contributed by atoms with Crippen molar-refractivity contribution in [2.75, 3.05) is 38.7 Å². The van der Waals surface area contributed by atoms with E-state index >= 15 is 0 Å². The molecule has 0 radical (unpaired) electrons. The number of rotatable bonds is 5. The molecule has 1 aliphatic carbocycles. The van der Waals surface area contributed by atoms with Crippen LogP contribution in [-0.2, 0) is 22.4 Å². The van der Waals surface area contributed by atoms with Crippen molar-refractivity contribution in [3.8, 4) is 0 Å². The van der Waals surface area contributed by atoms with Gasteiger partial charge >= 0.3 is 12.0 Å². The second-order valence-corrected chi connectivity index (χ2v) is 9.37. The van der Waals surface area contributed by atoms with Crippen molar-refractivity contribution < 1.29 is 14.3 Å². The fraction of sp³-hybridized carbons (Fsp3) is 0.739. The Balaban J connectivity index is 1.39. The summed E-state index contributed by atoms with van der Waals surface area (Å²) in [6, 6.07) is 0.424. The van der Waals surface area contributed by atoms with Crippen molar-refractivity contribution in [1.82, 2.24) is 19.8 Å². The predicted octanol–water partition coefficient (Wildman–Crippen LogP) is 2.65. The number of hydrogen-bond acceptors (Lipinski definition) is 6. The van der Waals surface area contributed by atoms with Gasteiger partial charge in [-0.3, -0.25) is 14.7 Å². The Bertz CT molecular complexity index is 808. The maximum atomic E-state index is 13.4. The molecule has 2 aliphatic heterocycles. The number of carbonyl (C=O) groups is 2. The summed E-state index contributed by atoms with van der Waals surface area (Å²) in [6.07, 6.45) is 9.07. The van der Waals surface area contributed by atoms with E-state index in [4.69, 9.17) is 9.72 Å². The zero-order chi connectivity index (χ0) is 22.0. The lowest BCUT2D eigenvalue weighted by molar-refractivity contribution is -0.141. The molecule has 2 fully saturated rings. The van der Waals surface area contributed by atoms with Gasteiger partial charge in [-0.2, -0.15) is 0 Å². The lowest BCUT2D eigenvalue weighted by Crippen LogP contribution is -2.41. The van der Waals surface area contributed by atoms with Crippen molar-refractivity contribution in [2.24, 2.45) is 5.92 Å². The van der Waals surface area contributed by atoms with Crippen LogP contribution in [0.25, 0.3) is 0 Å². The first-order valence-corrected chi connectivity index (χ1v) is 11.7. The summed E-state index contributed by atoms with van der Waals surface area (Å²) >= 11 is 0. The van der Waals surface area contributed by atoms with Crippen molar-refractivity contribution in [3.63, 3.8) is 0 Å². The quantitative estimate of drug-likeness (QED) is 0.670. The first-order valence-electron chi connectivity index (χ1n) is 11.7. The predicted molar refractivity (Wildman–Crippen MR) is 118 cm³/mol. The third kappa shape index (κ3) is 4.84. The smallest absolute Gasteiger partial charge is 0.326 e. The minimum atomic E-state index is -0.130. The molecule has 0 N–H and O–H groups in total. The number of hydrogen-bond donors (Lipinski definition) is 0. The third-order valence-corrected chi connectivity index (χ3v) is 7.22. The van der Waals surface area contributed by atoms with Gasteiger partial charge in [-0.15, -0.1) is 0 Å². The first kappa shape index (κ1) is 22.0. The molecule has 0 bridgehead atoms. The van der Waals surface area contributed by atoms with Gasteiger partial charge in [0.15, 0.2) is 5.82 Å². The van der Waals surface area contributed by atoms with Gasteiger partial charge in [-0.05, 0) is 52.0 Å². The molecule has 0 aromatic carbocycles. The van der Waals surface area contributed by atoms with Crippen LogP contribution in [-0.4, -0.2) is 77.6 Å². The molecule has 2 amide bonds. The number of likely N-dealkylation sites (N-methyl/N-ethyl adjacent to an activating group) is 1. The van der Waals surface area contributed by atoms with Crippen molar-refractivity contribution in [1.29, 1.82) is 0 Å². The maximum Gasteiger partial charge on any atom is 0.326 e. The van der Waals surface area contributed by atoms with E-state index in [1.165, 1.54) is 7.11 Å². The van der Waals surface area contributed by atoms with Crippen LogP contribution in [0.1, 0.15) is 56.8 Å². The molecule has 0 spiro atoms. The van der Waals surface area contributed by atoms with Crippen LogP contribution in [0.4, 0.5) is 10.6 Å². The zero-order valence-corrected chi connectivity index (χ0v) is 19.0. The van der Waals surface area contributed by atoms with Gasteiger partial charge in [0.2, 0.25) is 0 Å². The van der Waals surface area contributed by atoms with Crippen LogP contribution in [0.5, 0.6) is 0 Å². The van der Waals surface area contributed by atoms with Crippen molar-refractivity contribution in [3.05, 3.63) is 17.6 Å². The Kier molecular flexibility index (Phi) is 6.74. The van der Waals surface area contributed by atoms with E-state index in [0.29, 0.717) is 18.2 Å².